The maximum absolute atomic E-state index is 5.65. The number of rotatable bonds is 6. The van der Waals surface area contributed by atoms with Crippen molar-refractivity contribution in [2.45, 2.75) is 33.4 Å². The van der Waals surface area contributed by atoms with Crippen LogP contribution in [0.3, 0.4) is 0 Å². The first-order valence-electron chi connectivity index (χ1n) is 7.44. The summed E-state index contributed by atoms with van der Waals surface area (Å²) in [5, 5.41) is 3.44. The Balaban J connectivity index is 1.68. The Morgan fingerprint density at radius 2 is 2.29 bits per heavy atom. The van der Waals surface area contributed by atoms with E-state index >= 15 is 0 Å². The van der Waals surface area contributed by atoms with E-state index in [1.807, 2.05) is 12.4 Å². The van der Waals surface area contributed by atoms with E-state index < -0.39 is 0 Å². The lowest BCUT2D eigenvalue weighted by Gasteiger charge is -2.23. The zero-order valence-electron chi connectivity index (χ0n) is 12.6. The fraction of sp³-hybridized carbons (Fsp3) is 0.600. The van der Waals surface area contributed by atoms with E-state index in [1.54, 1.807) is 17.5 Å². The van der Waals surface area contributed by atoms with E-state index in [0.717, 1.165) is 50.1 Å². The molecular formula is C15H22N4OS. The van der Waals surface area contributed by atoms with Gasteiger partial charge in [-0.25, -0.2) is 9.97 Å². The Kier molecular flexibility index (Phi) is 4.67. The number of thiazole rings is 1. The molecule has 1 N–H and O–H groups in total. The topological polar surface area (TPSA) is 54.2 Å². The van der Waals surface area contributed by atoms with Gasteiger partial charge in [0.1, 0.15) is 5.76 Å². The summed E-state index contributed by atoms with van der Waals surface area (Å²) >= 11 is 1.73. The third-order valence-corrected chi connectivity index (χ3v) is 4.84. The van der Waals surface area contributed by atoms with Gasteiger partial charge in [-0.15, -0.1) is 11.3 Å². The van der Waals surface area contributed by atoms with Crippen LogP contribution in [-0.2, 0) is 13.1 Å². The highest BCUT2D eigenvalue weighted by Gasteiger charge is 2.20. The average Bonchev–Trinajstić information content (AvgIpc) is 3.16. The van der Waals surface area contributed by atoms with Gasteiger partial charge in [0.2, 0.25) is 5.89 Å². The maximum Gasteiger partial charge on any atom is 0.208 e. The Morgan fingerprint density at radius 3 is 2.90 bits per heavy atom. The number of aromatic nitrogens is 2. The summed E-state index contributed by atoms with van der Waals surface area (Å²) in [6.45, 7) is 9.03. The molecule has 1 unspecified atom stereocenters. The van der Waals surface area contributed by atoms with Crippen molar-refractivity contribution in [1.29, 1.82) is 0 Å². The van der Waals surface area contributed by atoms with Crippen LogP contribution in [0.4, 0.5) is 0 Å². The van der Waals surface area contributed by atoms with Crippen molar-refractivity contribution in [2.24, 2.45) is 5.92 Å². The highest BCUT2D eigenvalue weighted by Crippen LogP contribution is 2.19. The van der Waals surface area contributed by atoms with E-state index in [0.29, 0.717) is 5.92 Å². The molecule has 3 rings (SSSR count). The minimum Gasteiger partial charge on any atom is -0.445 e. The number of aryl methyl sites for hydroxylation is 2. The Labute approximate surface area is 129 Å². The first-order chi connectivity index (χ1) is 10.2. The second-order valence-electron chi connectivity index (χ2n) is 5.75. The van der Waals surface area contributed by atoms with Gasteiger partial charge in [0.25, 0.3) is 0 Å². The number of hydrogen-bond acceptors (Lipinski definition) is 6. The highest BCUT2D eigenvalue weighted by molar-refractivity contribution is 7.09. The van der Waals surface area contributed by atoms with Gasteiger partial charge in [-0.3, -0.25) is 4.90 Å². The molecule has 0 bridgehead atoms. The van der Waals surface area contributed by atoms with E-state index in [4.69, 9.17) is 4.42 Å². The molecule has 5 nitrogen and oxygen atoms in total. The van der Waals surface area contributed by atoms with E-state index in [-0.39, 0.29) is 0 Å². The second kappa shape index (κ2) is 6.68. The lowest BCUT2D eigenvalue weighted by molar-refractivity contribution is 0.201. The minimum absolute atomic E-state index is 0.717. The maximum atomic E-state index is 5.65. The van der Waals surface area contributed by atoms with Crippen LogP contribution in [-0.4, -0.2) is 34.5 Å². The quantitative estimate of drug-likeness (QED) is 0.888. The van der Waals surface area contributed by atoms with Crippen molar-refractivity contribution in [3.63, 3.8) is 0 Å². The predicted octanol–water partition coefficient (Wildman–Crippen LogP) is 2.36. The van der Waals surface area contributed by atoms with E-state index in [9.17, 15) is 0 Å². The van der Waals surface area contributed by atoms with Crippen LogP contribution >= 0.6 is 11.3 Å². The first-order valence-corrected chi connectivity index (χ1v) is 8.32. The smallest absolute Gasteiger partial charge is 0.208 e. The molecule has 2 aromatic heterocycles. The van der Waals surface area contributed by atoms with Crippen LogP contribution in [0.25, 0.3) is 0 Å². The summed E-state index contributed by atoms with van der Waals surface area (Å²) < 4.78 is 5.65. The highest BCUT2D eigenvalue weighted by atomic mass is 32.1. The molecule has 2 aromatic rings. The molecule has 0 amide bonds. The normalized spacial score (nSPS) is 18.7. The molecule has 0 aliphatic carbocycles. The lowest BCUT2D eigenvalue weighted by atomic mass is 10.1. The van der Waals surface area contributed by atoms with Gasteiger partial charge in [-0.1, -0.05) is 0 Å². The lowest BCUT2D eigenvalue weighted by Crippen LogP contribution is -2.30. The van der Waals surface area contributed by atoms with Gasteiger partial charge >= 0.3 is 0 Å². The molecule has 3 heterocycles. The zero-order chi connectivity index (χ0) is 14.7. The molecule has 0 spiro atoms. The number of hydrogen-bond donors (Lipinski definition) is 1. The molecule has 6 heteroatoms. The zero-order valence-corrected chi connectivity index (χ0v) is 13.4. The molecule has 1 fully saturated rings. The fourth-order valence-corrected chi connectivity index (χ4v) is 3.59. The standard InChI is InChI=1S/C15H22N4OS/c1-11-5-17-15(20-11)9-19(7-13-3-4-16-6-13)8-14-12(2)18-10-21-14/h5,10,13,16H,3-4,6-9H2,1-2H3. The minimum atomic E-state index is 0.717. The van der Waals surface area contributed by atoms with Gasteiger partial charge in [0.15, 0.2) is 0 Å². The molecule has 0 aromatic carbocycles. The molecule has 1 aliphatic rings. The summed E-state index contributed by atoms with van der Waals surface area (Å²) in [5.74, 6) is 2.40. The van der Waals surface area contributed by atoms with Crippen LogP contribution in [0.15, 0.2) is 16.1 Å². The second-order valence-corrected chi connectivity index (χ2v) is 6.69. The largest absolute Gasteiger partial charge is 0.445 e. The Hall–Kier alpha value is -1.24. The van der Waals surface area contributed by atoms with Gasteiger partial charge < -0.3 is 9.73 Å². The van der Waals surface area contributed by atoms with Gasteiger partial charge in [-0.2, -0.15) is 0 Å². The van der Waals surface area contributed by atoms with Crippen molar-refractivity contribution in [2.75, 3.05) is 19.6 Å². The average molecular weight is 306 g/mol. The monoisotopic (exact) mass is 306 g/mol. The Morgan fingerprint density at radius 1 is 1.38 bits per heavy atom. The van der Waals surface area contributed by atoms with Crippen LogP contribution in [0, 0.1) is 19.8 Å². The molecular weight excluding hydrogens is 284 g/mol. The van der Waals surface area contributed by atoms with Gasteiger partial charge in [-0.05, 0) is 39.3 Å². The third kappa shape index (κ3) is 3.90. The molecule has 114 valence electrons. The third-order valence-electron chi connectivity index (χ3n) is 3.92. The fourth-order valence-electron chi connectivity index (χ4n) is 2.77. The van der Waals surface area contributed by atoms with Crippen LogP contribution < -0.4 is 5.32 Å². The van der Waals surface area contributed by atoms with Crippen molar-refractivity contribution in [3.8, 4) is 0 Å². The summed E-state index contributed by atoms with van der Waals surface area (Å²) in [6, 6.07) is 0. The SMILES string of the molecule is Cc1cnc(CN(Cc2scnc2C)CC2CCNC2)o1. The van der Waals surface area contributed by atoms with Crippen molar-refractivity contribution in [3.05, 3.63) is 33.9 Å². The molecule has 0 saturated carbocycles. The molecule has 1 saturated heterocycles. The molecule has 1 aliphatic heterocycles. The summed E-state index contributed by atoms with van der Waals surface area (Å²) in [7, 11) is 0. The molecule has 21 heavy (non-hydrogen) atoms. The molecule has 1 atom stereocenters. The van der Waals surface area contributed by atoms with Crippen LogP contribution in [0.2, 0.25) is 0 Å². The van der Waals surface area contributed by atoms with E-state index in [1.165, 1.54) is 11.3 Å². The Bertz CT molecular complexity index is 574. The summed E-state index contributed by atoms with van der Waals surface area (Å²) in [5.41, 5.74) is 3.06. The first kappa shape index (κ1) is 14.7. The predicted molar refractivity (Wildman–Crippen MR) is 83.2 cm³/mol. The number of nitrogens with zero attached hydrogens (tertiary/aromatic N) is 3. The van der Waals surface area contributed by atoms with Crippen molar-refractivity contribution < 1.29 is 4.42 Å². The van der Waals surface area contributed by atoms with Gasteiger partial charge in [0.05, 0.1) is 23.9 Å². The van der Waals surface area contributed by atoms with Crippen molar-refractivity contribution in [1.82, 2.24) is 20.2 Å². The number of nitrogens with one attached hydrogen (secondary N) is 1. The van der Waals surface area contributed by atoms with Crippen LogP contribution in [0.1, 0.15) is 28.6 Å². The van der Waals surface area contributed by atoms with E-state index in [2.05, 4.69) is 27.1 Å². The van der Waals surface area contributed by atoms with Crippen LogP contribution in [0.5, 0.6) is 0 Å². The summed E-state index contributed by atoms with van der Waals surface area (Å²) in [4.78, 5) is 12.5. The van der Waals surface area contributed by atoms with Gasteiger partial charge in [0, 0.05) is 18.0 Å². The van der Waals surface area contributed by atoms with Crippen molar-refractivity contribution >= 4 is 11.3 Å². The molecule has 0 radical (unpaired) electrons. The number of oxazole rings is 1. The summed E-state index contributed by atoms with van der Waals surface area (Å²) in [6.07, 6.45) is 3.05.